The van der Waals surface area contributed by atoms with Gasteiger partial charge in [0.2, 0.25) is 0 Å². The number of carboxylic acids is 1. The third kappa shape index (κ3) is 2.59. The van der Waals surface area contributed by atoms with Crippen LogP contribution in [-0.2, 0) is 4.74 Å². The SMILES string of the molecule is CC(C)(C)OC(=O)c1cccc2[nH]cc(C(=O)O)c12. The Bertz CT molecular complexity index is 649. The minimum Gasteiger partial charge on any atom is -0.478 e. The maximum Gasteiger partial charge on any atom is 0.339 e. The van der Waals surface area contributed by atoms with E-state index >= 15 is 0 Å². The van der Waals surface area contributed by atoms with Gasteiger partial charge in [0.05, 0.1) is 11.1 Å². The van der Waals surface area contributed by atoms with E-state index in [0.717, 1.165) is 0 Å². The third-order valence-electron chi connectivity index (χ3n) is 2.56. The van der Waals surface area contributed by atoms with E-state index in [4.69, 9.17) is 9.84 Å². The van der Waals surface area contributed by atoms with Crippen molar-refractivity contribution in [1.29, 1.82) is 0 Å². The van der Waals surface area contributed by atoms with Gasteiger partial charge in [0.1, 0.15) is 5.60 Å². The Morgan fingerprint density at radius 2 is 1.89 bits per heavy atom. The van der Waals surface area contributed by atoms with Gasteiger partial charge in [0, 0.05) is 17.1 Å². The lowest BCUT2D eigenvalue weighted by molar-refractivity contribution is 0.00718. The Morgan fingerprint density at radius 1 is 1.21 bits per heavy atom. The van der Waals surface area contributed by atoms with Gasteiger partial charge in [0.25, 0.3) is 0 Å². The molecule has 100 valence electrons. The Labute approximate surface area is 110 Å². The van der Waals surface area contributed by atoms with Crippen LogP contribution in [0.3, 0.4) is 0 Å². The van der Waals surface area contributed by atoms with Crippen molar-refractivity contribution in [2.45, 2.75) is 26.4 Å². The summed E-state index contributed by atoms with van der Waals surface area (Å²) in [5.41, 5.74) is 0.294. The number of nitrogens with one attached hydrogen (secondary N) is 1. The highest BCUT2D eigenvalue weighted by Crippen LogP contribution is 2.24. The summed E-state index contributed by atoms with van der Waals surface area (Å²) in [6, 6.07) is 4.97. The van der Waals surface area contributed by atoms with Crippen molar-refractivity contribution in [3.8, 4) is 0 Å². The number of carbonyl (C=O) groups excluding carboxylic acids is 1. The first-order chi connectivity index (χ1) is 8.79. The van der Waals surface area contributed by atoms with Crippen molar-refractivity contribution in [2.75, 3.05) is 0 Å². The predicted molar refractivity (Wildman–Crippen MR) is 70.4 cm³/mol. The van der Waals surface area contributed by atoms with E-state index in [1.54, 1.807) is 39.0 Å². The maximum atomic E-state index is 12.1. The molecule has 0 saturated carbocycles. The number of H-pyrrole nitrogens is 1. The quantitative estimate of drug-likeness (QED) is 0.815. The number of esters is 1. The number of carboxylic acid groups (broad SMARTS) is 1. The van der Waals surface area contributed by atoms with Crippen LogP contribution in [0.5, 0.6) is 0 Å². The molecule has 2 N–H and O–H groups in total. The van der Waals surface area contributed by atoms with Gasteiger partial charge >= 0.3 is 11.9 Å². The predicted octanol–water partition coefficient (Wildman–Crippen LogP) is 2.82. The van der Waals surface area contributed by atoms with Gasteiger partial charge in [-0.05, 0) is 32.9 Å². The summed E-state index contributed by atoms with van der Waals surface area (Å²) < 4.78 is 5.29. The Morgan fingerprint density at radius 3 is 2.47 bits per heavy atom. The van der Waals surface area contributed by atoms with Crippen LogP contribution in [-0.4, -0.2) is 27.6 Å². The minimum absolute atomic E-state index is 0.0662. The summed E-state index contributed by atoms with van der Waals surface area (Å²) in [6.45, 7) is 5.29. The molecule has 2 aromatic rings. The van der Waals surface area contributed by atoms with E-state index < -0.39 is 17.5 Å². The molecule has 0 aliphatic heterocycles. The fraction of sp³-hybridized carbons (Fsp3) is 0.286. The highest BCUT2D eigenvalue weighted by Gasteiger charge is 2.22. The van der Waals surface area contributed by atoms with Crippen LogP contribution in [0.15, 0.2) is 24.4 Å². The third-order valence-corrected chi connectivity index (χ3v) is 2.56. The van der Waals surface area contributed by atoms with Gasteiger partial charge in [-0.2, -0.15) is 0 Å². The Balaban J connectivity index is 2.57. The first-order valence-corrected chi connectivity index (χ1v) is 5.86. The van der Waals surface area contributed by atoms with Crippen molar-refractivity contribution in [2.24, 2.45) is 0 Å². The van der Waals surface area contributed by atoms with Crippen molar-refractivity contribution in [3.63, 3.8) is 0 Å². The summed E-state index contributed by atoms with van der Waals surface area (Å²) in [7, 11) is 0. The number of aromatic nitrogens is 1. The summed E-state index contributed by atoms with van der Waals surface area (Å²) in [6.07, 6.45) is 1.38. The molecule has 0 aliphatic rings. The highest BCUT2D eigenvalue weighted by atomic mass is 16.6. The molecule has 1 aromatic heterocycles. The highest BCUT2D eigenvalue weighted by molar-refractivity contribution is 6.12. The zero-order chi connectivity index (χ0) is 14.2. The Kier molecular flexibility index (Phi) is 3.06. The van der Waals surface area contributed by atoms with Gasteiger partial charge in [-0.25, -0.2) is 9.59 Å². The van der Waals surface area contributed by atoms with Crippen molar-refractivity contribution in [1.82, 2.24) is 4.98 Å². The van der Waals surface area contributed by atoms with Crippen LogP contribution in [0.4, 0.5) is 0 Å². The second-order valence-corrected chi connectivity index (χ2v) is 5.24. The first-order valence-electron chi connectivity index (χ1n) is 5.86. The summed E-state index contributed by atoms with van der Waals surface area (Å²) in [4.78, 5) is 26.1. The van der Waals surface area contributed by atoms with Crippen LogP contribution >= 0.6 is 0 Å². The van der Waals surface area contributed by atoms with Crippen molar-refractivity contribution in [3.05, 3.63) is 35.5 Å². The molecule has 1 aromatic carbocycles. The number of rotatable bonds is 2. The van der Waals surface area contributed by atoms with Crippen LogP contribution in [0, 0.1) is 0 Å². The van der Waals surface area contributed by atoms with E-state index in [0.29, 0.717) is 10.9 Å². The van der Waals surface area contributed by atoms with Gasteiger partial charge in [0.15, 0.2) is 0 Å². The number of benzene rings is 1. The molecule has 0 spiro atoms. The fourth-order valence-corrected chi connectivity index (χ4v) is 1.86. The summed E-state index contributed by atoms with van der Waals surface area (Å²) in [5, 5.41) is 9.52. The number of ether oxygens (including phenoxy) is 1. The Hall–Kier alpha value is -2.30. The first kappa shape index (κ1) is 13.1. The number of hydrogen-bond donors (Lipinski definition) is 2. The lowest BCUT2D eigenvalue weighted by Crippen LogP contribution is -2.24. The average molecular weight is 261 g/mol. The zero-order valence-corrected chi connectivity index (χ0v) is 11.0. The maximum absolute atomic E-state index is 12.1. The molecule has 0 radical (unpaired) electrons. The molecule has 0 saturated heterocycles. The van der Waals surface area contributed by atoms with Gasteiger partial charge in [-0.1, -0.05) is 6.07 Å². The number of carbonyl (C=O) groups is 2. The molecular formula is C14H15NO4. The molecule has 0 fully saturated rings. The van der Waals surface area contributed by atoms with E-state index in [2.05, 4.69) is 4.98 Å². The normalized spacial score (nSPS) is 11.5. The monoisotopic (exact) mass is 261 g/mol. The molecule has 1 heterocycles. The number of aromatic carboxylic acids is 1. The molecule has 19 heavy (non-hydrogen) atoms. The van der Waals surface area contributed by atoms with Crippen LogP contribution < -0.4 is 0 Å². The van der Waals surface area contributed by atoms with Gasteiger partial charge < -0.3 is 14.8 Å². The van der Waals surface area contributed by atoms with Crippen LogP contribution in [0.25, 0.3) is 10.9 Å². The van der Waals surface area contributed by atoms with E-state index in [1.165, 1.54) is 6.20 Å². The van der Waals surface area contributed by atoms with Gasteiger partial charge in [-0.15, -0.1) is 0 Å². The smallest absolute Gasteiger partial charge is 0.339 e. The number of hydrogen-bond acceptors (Lipinski definition) is 3. The fourth-order valence-electron chi connectivity index (χ4n) is 1.86. The lowest BCUT2D eigenvalue weighted by atomic mass is 10.1. The molecule has 0 atom stereocenters. The molecule has 5 nitrogen and oxygen atoms in total. The van der Waals surface area contributed by atoms with Gasteiger partial charge in [-0.3, -0.25) is 0 Å². The van der Waals surface area contributed by atoms with Crippen molar-refractivity contribution >= 4 is 22.8 Å². The lowest BCUT2D eigenvalue weighted by Gasteiger charge is -2.19. The number of aromatic amines is 1. The molecule has 2 rings (SSSR count). The molecule has 0 bridgehead atoms. The molecular weight excluding hydrogens is 246 g/mol. The molecule has 0 amide bonds. The zero-order valence-electron chi connectivity index (χ0n) is 11.0. The largest absolute Gasteiger partial charge is 0.478 e. The summed E-state index contributed by atoms with van der Waals surface area (Å²) in [5.74, 6) is -1.61. The standard InChI is InChI=1S/C14H15NO4/c1-14(2,3)19-13(18)8-5-4-6-10-11(8)9(7-15-10)12(16)17/h4-7,15H,1-3H3,(H,16,17). The average Bonchev–Trinajstić information content (AvgIpc) is 2.69. The van der Waals surface area contributed by atoms with E-state index in [1.807, 2.05) is 0 Å². The molecule has 0 unspecified atom stereocenters. The van der Waals surface area contributed by atoms with Crippen LogP contribution in [0.1, 0.15) is 41.5 Å². The second-order valence-electron chi connectivity index (χ2n) is 5.24. The second kappa shape index (κ2) is 4.42. The van der Waals surface area contributed by atoms with E-state index in [-0.39, 0.29) is 11.1 Å². The van der Waals surface area contributed by atoms with E-state index in [9.17, 15) is 9.59 Å². The summed E-state index contributed by atoms with van der Waals surface area (Å²) >= 11 is 0. The van der Waals surface area contributed by atoms with Crippen LogP contribution in [0.2, 0.25) is 0 Å². The number of fused-ring (bicyclic) bond motifs is 1. The van der Waals surface area contributed by atoms with Crippen molar-refractivity contribution < 1.29 is 19.4 Å². The molecule has 0 aliphatic carbocycles. The molecule has 5 heteroatoms. The topological polar surface area (TPSA) is 79.4 Å². The minimum atomic E-state index is -1.08.